The van der Waals surface area contributed by atoms with Crippen LogP contribution >= 0.6 is 0 Å². The predicted molar refractivity (Wildman–Crippen MR) is 67.4 cm³/mol. The van der Waals surface area contributed by atoms with Gasteiger partial charge in [-0.2, -0.15) is 13.2 Å². The smallest absolute Gasteiger partial charge is 0.325 e. The van der Waals surface area contributed by atoms with Crippen LogP contribution in [0.15, 0.2) is 0 Å². The highest BCUT2D eigenvalue weighted by molar-refractivity contribution is 4.88. The fraction of sp³-hybridized carbons (Fsp3) is 1.00. The number of halogens is 3. The SMILES string of the molecule is CCCN(CCC1(N)CCCCC1)CC(F)(F)F. The minimum atomic E-state index is -4.11. The van der Waals surface area contributed by atoms with Crippen LogP contribution in [0, 0.1) is 0 Å². The van der Waals surface area contributed by atoms with Gasteiger partial charge in [0.05, 0.1) is 6.54 Å². The van der Waals surface area contributed by atoms with Gasteiger partial charge in [0, 0.05) is 12.1 Å². The molecule has 5 heteroatoms. The third-order valence-electron chi connectivity index (χ3n) is 3.72. The topological polar surface area (TPSA) is 29.3 Å². The van der Waals surface area contributed by atoms with Crippen LogP contribution in [0.1, 0.15) is 51.9 Å². The first-order chi connectivity index (χ1) is 8.35. The zero-order chi connectivity index (χ0) is 13.6. The van der Waals surface area contributed by atoms with Gasteiger partial charge in [-0.15, -0.1) is 0 Å². The molecule has 0 atom stereocenters. The molecule has 0 spiro atoms. The molecule has 0 aliphatic heterocycles. The van der Waals surface area contributed by atoms with E-state index in [0.29, 0.717) is 19.5 Å². The molecule has 1 saturated carbocycles. The summed E-state index contributed by atoms with van der Waals surface area (Å²) >= 11 is 0. The van der Waals surface area contributed by atoms with Gasteiger partial charge in [0.25, 0.3) is 0 Å². The van der Waals surface area contributed by atoms with Crippen molar-refractivity contribution in [2.24, 2.45) is 5.73 Å². The summed E-state index contributed by atoms with van der Waals surface area (Å²) in [7, 11) is 0. The third kappa shape index (κ3) is 6.05. The molecule has 1 fully saturated rings. The summed E-state index contributed by atoms with van der Waals surface area (Å²) in [6.07, 6.45) is 2.67. The lowest BCUT2D eigenvalue weighted by Crippen LogP contribution is -2.46. The van der Waals surface area contributed by atoms with E-state index in [0.717, 1.165) is 32.1 Å². The Morgan fingerprint density at radius 1 is 1.11 bits per heavy atom. The molecular weight excluding hydrogens is 241 g/mol. The summed E-state index contributed by atoms with van der Waals surface area (Å²) in [6.45, 7) is 2.05. The molecule has 1 aliphatic rings. The number of hydrogen-bond acceptors (Lipinski definition) is 2. The van der Waals surface area contributed by atoms with Crippen molar-refractivity contribution in [3.63, 3.8) is 0 Å². The number of rotatable bonds is 6. The first kappa shape index (κ1) is 15.8. The summed E-state index contributed by atoms with van der Waals surface area (Å²) in [4.78, 5) is 1.49. The summed E-state index contributed by atoms with van der Waals surface area (Å²) in [6, 6.07) is 0. The average Bonchev–Trinajstić information content (AvgIpc) is 2.26. The largest absolute Gasteiger partial charge is 0.401 e. The molecule has 0 aromatic rings. The Morgan fingerprint density at radius 2 is 1.72 bits per heavy atom. The molecule has 18 heavy (non-hydrogen) atoms. The van der Waals surface area contributed by atoms with Crippen molar-refractivity contribution in [2.75, 3.05) is 19.6 Å². The van der Waals surface area contributed by atoms with Gasteiger partial charge in [0.15, 0.2) is 0 Å². The molecule has 0 bridgehead atoms. The zero-order valence-electron chi connectivity index (χ0n) is 11.2. The number of hydrogen-bond donors (Lipinski definition) is 1. The van der Waals surface area contributed by atoms with Gasteiger partial charge in [-0.05, 0) is 32.2 Å². The van der Waals surface area contributed by atoms with Crippen LogP contribution in [0.5, 0.6) is 0 Å². The molecule has 0 amide bonds. The molecule has 0 radical (unpaired) electrons. The van der Waals surface area contributed by atoms with E-state index in [9.17, 15) is 13.2 Å². The van der Waals surface area contributed by atoms with Crippen LogP contribution in [0.25, 0.3) is 0 Å². The quantitative estimate of drug-likeness (QED) is 0.799. The maximum absolute atomic E-state index is 12.4. The second kappa shape index (κ2) is 6.75. The standard InChI is InChI=1S/C13H25F3N2/c1-2-9-18(11-13(14,15)16)10-8-12(17)6-4-3-5-7-12/h2-11,17H2,1H3. The van der Waals surface area contributed by atoms with Gasteiger partial charge < -0.3 is 5.73 Å². The Labute approximate surface area is 108 Å². The highest BCUT2D eigenvalue weighted by atomic mass is 19.4. The van der Waals surface area contributed by atoms with Crippen LogP contribution in [0.2, 0.25) is 0 Å². The van der Waals surface area contributed by atoms with Crippen molar-refractivity contribution < 1.29 is 13.2 Å². The molecule has 0 unspecified atom stereocenters. The van der Waals surface area contributed by atoms with Gasteiger partial charge in [0.1, 0.15) is 0 Å². The van der Waals surface area contributed by atoms with E-state index in [-0.39, 0.29) is 5.54 Å². The first-order valence-electron chi connectivity index (χ1n) is 6.93. The van der Waals surface area contributed by atoms with E-state index in [4.69, 9.17) is 5.73 Å². The molecule has 0 heterocycles. The maximum Gasteiger partial charge on any atom is 0.401 e. The van der Waals surface area contributed by atoms with Crippen molar-refractivity contribution in [3.8, 4) is 0 Å². The zero-order valence-corrected chi connectivity index (χ0v) is 11.2. The van der Waals surface area contributed by atoms with Crippen molar-refractivity contribution >= 4 is 0 Å². The molecule has 0 aromatic carbocycles. The molecule has 0 saturated heterocycles. The molecule has 2 N–H and O–H groups in total. The second-order valence-electron chi connectivity index (χ2n) is 5.56. The fourth-order valence-electron chi connectivity index (χ4n) is 2.73. The van der Waals surface area contributed by atoms with Crippen LogP contribution in [-0.2, 0) is 0 Å². The molecule has 1 rings (SSSR count). The Balaban J connectivity index is 2.40. The highest BCUT2D eigenvalue weighted by Crippen LogP contribution is 2.29. The van der Waals surface area contributed by atoms with Crippen LogP contribution in [-0.4, -0.2) is 36.2 Å². The lowest BCUT2D eigenvalue weighted by Gasteiger charge is -2.35. The van der Waals surface area contributed by atoms with Crippen LogP contribution in [0.4, 0.5) is 13.2 Å². The molecule has 0 aromatic heterocycles. The summed E-state index contributed by atoms with van der Waals surface area (Å²) < 4.78 is 37.3. The Bertz CT molecular complexity index is 235. The van der Waals surface area contributed by atoms with E-state index < -0.39 is 12.7 Å². The Hall–Kier alpha value is -0.290. The monoisotopic (exact) mass is 266 g/mol. The van der Waals surface area contributed by atoms with Crippen LogP contribution in [0.3, 0.4) is 0 Å². The maximum atomic E-state index is 12.4. The first-order valence-corrected chi connectivity index (χ1v) is 6.93. The van der Waals surface area contributed by atoms with Crippen molar-refractivity contribution in [3.05, 3.63) is 0 Å². The lowest BCUT2D eigenvalue weighted by atomic mass is 9.80. The van der Waals surface area contributed by atoms with E-state index in [1.165, 1.54) is 11.3 Å². The summed E-state index contributed by atoms with van der Waals surface area (Å²) in [5.74, 6) is 0. The minimum absolute atomic E-state index is 0.226. The molecular formula is C13H25F3N2. The lowest BCUT2D eigenvalue weighted by molar-refractivity contribution is -0.146. The van der Waals surface area contributed by atoms with E-state index in [1.54, 1.807) is 0 Å². The molecule has 108 valence electrons. The second-order valence-corrected chi connectivity index (χ2v) is 5.56. The molecule has 2 nitrogen and oxygen atoms in total. The Morgan fingerprint density at radius 3 is 2.22 bits per heavy atom. The number of nitrogens with zero attached hydrogens (tertiary/aromatic N) is 1. The van der Waals surface area contributed by atoms with Crippen molar-refractivity contribution in [1.82, 2.24) is 4.90 Å². The summed E-state index contributed by atoms with van der Waals surface area (Å²) in [5, 5.41) is 0. The minimum Gasteiger partial charge on any atom is -0.325 e. The van der Waals surface area contributed by atoms with Gasteiger partial charge in [0.2, 0.25) is 0 Å². The van der Waals surface area contributed by atoms with E-state index >= 15 is 0 Å². The molecule has 1 aliphatic carbocycles. The number of nitrogens with two attached hydrogens (primary N) is 1. The predicted octanol–water partition coefficient (Wildman–Crippen LogP) is 3.31. The fourth-order valence-corrected chi connectivity index (χ4v) is 2.73. The summed E-state index contributed by atoms with van der Waals surface area (Å²) in [5.41, 5.74) is 6.03. The van der Waals surface area contributed by atoms with E-state index in [2.05, 4.69) is 0 Å². The van der Waals surface area contributed by atoms with Crippen molar-refractivity contribution in [1.29, 1.82) is 0 Å². The normalized spacial score (nSPS) is 20.3. The third-order valence-corrected chi connectivity index (χ3v) is 3.72. The van der Waals surface area contributed by atoms with E-state index in [1.807, 2.05) is 6.92 Å². The highest BCUT2D eigenvalue weighted by Gasteiger charge is 2.32. The van der Waals surface area contributed by atoms with Crippen LogP contribution < -0.4 is 5.73 Å². The van der Waals surface area contributed by atoms with Gasteiger partial charge in [-0.25, -0.2) is 0 Å². The van der Waals surface area contributed by atoms with Gasteiger partial charge >= 0.3 is 6.18 Å². The van der Waals surface area contributed by atoms with Crippen molar-refractivity contribution in [2.45, 2.75) is 63.6 Å². The Kier molecular flexibility index (Phi) is 5.92. The number of alkyl halides is 3. The van der Waals surface area contributed by atoms with Gasteiger partial charge in [-0.3, -0.25) is 4.90 Å². The average molecular weight is 266 g/mol. The van der Waals surface area contributed by atoms with Gasteiger partial charge in [-0.1, -0.05) is 26.2 Å².